The molecule has 24 heavy (non-hydrogen) atoms. The molecule has 6 nitrogen and oxygen atoms in total. The summed E-state index contributed by atoms with van der Waals surface area (Å²) in [6.45, 7) is 2.11. The van der Waals surface area contributed by atoms with Gasteiger partial charge in [-0.1, -0.05) is 18.2 Å². The molecule has 0 saturated carbocycles. The summed E-state index contributed by atoms with van der Waals surface area (Å²) in [7, 11) is 0. The fraction of sp³-hybridized carbons (Fsp3) is 0.167. The quantitative estimate of drug-likeness (QED) is 0.674. The van der Waals surface area contributed by atoms with Crippen LogP contribution in [0.2, 0.25) is 0 Å². The second kappa shape index (κ2) is 6.54. The number of amides is 3. The number of imide groups is 1. The molecule has 2 aromatic carbocycles. The Bertz CT molecular complexity index is 781. The van der Waals surface area contributed by atoms with Gasteiger partial charge in [0.15, 0.2) is 0 Å². The average molecular weight is 324 g/mol. The predicted molar refractivity (Wildman–Crippen MR) is 88.2 cm³/mol. The number of nitrogens with zero attached hydrogens (tertiary/aromatic N) is 1. The number of hydrogen-bond donors (Lipinski definition) is 1. The van der Waals surface area contributed by atoms with Gasteiger partial charge in [0.05, 0.1) is 23.4 Å². The molecule has 0 bridgehead atoms. The van der Waals surface area contributed by atoms with E-state index in [1.807, 2.05) is 0 Å². The highest BCUT2D eigenvalue weighted by atomic mass is 16.5. The summed E-state index contributed by atoms with van der Waals surface area (Å²) < 4.78 is 5.54. The van der Waals surface area contributed by atoms with Gasteiger partial charge in [-0.2, -0.15) is 0 Å². The van der Waals surface area contributed by atoms with E-state index in [4.69, 9.17) is 4.74 Å². The van der Waals surface area contributed by atoms with Gasteiger partial charge < -0.3 is 10.1 Å². The van der Waals surface area contributed by atoms with Crippen molar-refractivity contribution in [2.45, 2.75) is 6.92 Å². The average Bonchev–Trinajstić information content (AvgIpc) is 2.83. The van der Waals surface area contributed by atoms with E-state index in [1.165, 1.54) is 6.92 Å². The highest BCUT2D eigenvalue weighted by Crippen LogP contribution is 2.30. The smallest absolute Gasteiger partial charge is 0.266 e. The predicted octanol–water partition coefficient (Wildman–Crippen LogP) is 2.00. The van der Waals surface area contributed by atoms with E-state index >= 15 is 0 Å². The van der Waals surface area contributed by atoms with Gasteiger partial charge in [-0.05, 0) is 24.3 Å². The van der Waals surface area contributed by atoms with E-state index in [2.05, 4.69) is 5.32 Å². The monoisotopic (exact) mass is 324 g/mol. The molecule has 0 atom stereocenters. The summed E-state index contributed by atoms with van der Waals surface area (Å²) in [6.07, 6.45) is 0. The first-order chi connectivity index (χ1) is 11.6. The second-order valence-corrected chi connectivity index (χ2v) is 5.32. The Labute approximate surface area is 139 Å². The lowest BCUT2D eigenvalue weighted by molar-refractivity contribution is -0.119. The summed E-state index contributed by atoms with van der Waals surface area (Å²) >= 11 is 0. The third-order valence-electron chi connectivity index (χ3n) is 3.61. The zero-order valence-corrected chi connectivity index (χ0v) is 13.1. The van der Waals surface area contributed by atoms with Crippen LogP contribution in [0, 0.1) is 0 Å². The first-order valence-corrected chi connectivity index (χ1v) is 7.53. The van der Waals surface area contributed by atoms with Crippen molar-refractivity contribution >= 4 is 23.4 Å². The first-order valence-electron chi connectivity index (χ1n) is 7.53. The summed E-state index contributed by atoms with van der Waals surface area (Å²) in [4.78, 5) is 36.9. The minimum Gasteiger partial charge on any atom is -0.492 e. The lowest BCUT2D eigenvalue weighted by Gasteiger charge is -2.15. The number of anilines is 1. The number of nitrogens with one attached hydrogen (secondary N) is 1. The minimum absolute atomic E-state index is 0.127. The van der Waals surface area contributed by atoms with E-state index in [0.29, 0.717) is 35.7 Å². The Morgan fingerprint density at radius 3 is 2.33 bits per heavy atom. The molecule has 3 amide bonds. The Morgan fingerprint density at radius 2 is 1.71 bits per heavy atom. The molecule has 2 aromatic rings. The Kier molecular flexibility index (Phi) is 4.29. The Hall–Kier alpha value is -3.15. The van der Waals surface area contributed by atoms with Crippen LogP contribution in [0.5, 0.6) is 5.75 Å². The molecule has 0 radical (unpaired) electrons. The molecule has 3 rings (SSSR count). The van der Waals surface area contributed by atoms with E-state index in [9.17, 15) is 14.4 Å². The molecular formula is C18H16N2O4. The van der Waals surface area contributed by atoms with Crippen LogP contribution in [0.15, 0.2) is 48.5 Å². The fourth-order valence-corrected chi connectivity index (χ4v) is 2.53. The topological polar surface area (TPSA) is 75.7 Å². The Morgan fingerprint density at radius 1 is 1.04 bits per heavy atom. The van der Waals surface area contributed by atoms with Gasteiger partial charge in [0, 0.05) is 13.0 Å². The molecule has 0 unspecified atom stereocenters. The van der Waals surface area contributed by atoms with Crippen molar-refractivity contribution in [2.24, 2.45) is 0 Å². The van der Waals surface area contributed by atoms with Crippen LogP contribution in [-0.4, -0.2) is 30.9 Å². The third-order valence-corrected chi connectivity index (χ3v) is 3.61. The van der Waals surface area contributed by atoms with Gasteiger partial charge in [-0.25, -0.2) is 4.90 Å². The molecule has 1 aliphatic heterocycles. The van der Waals surface area contributed by atoms with Crippen LogP contribution in [-0.2, 0) is 4.79 Å². The number of carbonyl (C=O) groups excluding carboxylic acids is 3. The lowest BCUT2D eigenvalue weighted by atomic mass is 10.1. The van der Waals surface area contributed by atoms with Crippen molar-refractivity contribution in [1.29, 1.82) is 0 Å². The minimum atomic E-state index is -0.342. The van der Waals surface area contributed by atoms with E-state index in [-0.39, 0.29) is 17.7 Å². The number of carbonyl (C=O) groups is 3. The van der Waals surface area contributed by atoms with Crippen LogP contribution in [0.3, 0.4) is 0 Å². The van der Waals surface area contributed by atoms with Crippen LogP contribution < -0.4 is 15.0 Å². The van der Waals surface area contributed by atoms with Gasteiger partial charge in [0.25, 0.3) is 11.8 Å². The normalized spacial score (nSPS) is 13.0. The van der Waals surface area contributed by atoms with Crippen LogP contribution in [0.4, 0.5) is 5.69 Å². The number of rotatable bonds is 5. The SMILES string of the molecule is CC(=O)NCCOc1cccc(N2C(=O)c3ccccc3C2=O)c1. The second-order valence-electron chi connectivity index (χ2n) is 5.32. The molecule has 122 valence electrons. The number of ether oxygens (including phenoxy) is 1. The van der Waals surface area contributed by atoms with Crippen molar-refractivity contribution in [1.82, 2.24) is 5.32 Å². The molecule has 0 saturated heterocycles. The van der Waals surface area contributed by atoms with Crippen molar-refractivity contribution in [3.05, 3.63) is 59.7 Å². The molecule has 0 aliphatic carbocycles. The zero-order valence-electron chi connectivity index (χ0n) is 13.1. The molecule has 0 fully saturated rings. The van der Waals surface area contributed by atoms with Crippen molar-refractivity contribution in [3.63, 3.8) is 0 Å². The molecule has 6 heteroatoms. The van der Waals surface area contributed by atoms with Gasteiger partial charge in [-0.3, -0.25) is 14.4 Å². The maximum Gasteiger partial charge on any atom is 0.266 e. The van der Waals surface area contributed by atoms with E-state index < -0.39 is 0 Å². The molecule has 1 aliphatic rings. The zero-order chi connectivity index (χ0) is 17.1. The largest absolute Gasteiger partial charge is 0.492 e. The van der Waals surface area contributed by atoms with E-state index in [1.54, 1.807) is 48.5 Å². The van der Waals surface area contributed by atoms with Gasteiger partial charge in [0.1, 0.15) is 12.4 Å². The first kappa shape index (κ1) is 15.7. The molecular weight excluding hydrogens is 308 g/mol. The standard InChI is InChI=1S/C18H16N2O4/c1-12(21)19-9-10-24-14-6-4-5-13(11-14)20-17(22)15-7-2-3-8-16(15)18(20)23/h2-8,11H,9-10H2,1H3,(H,19,21). The highest BCUT2D eigenvalue weighted by molar-refractivity contribution is 6.34. The Balaban J connectivity index is 1.76. The van der Waals surface area contributed by atoms with Gasteiger partial charge in [-0.15, -0.1) is 0 Å². The molecule has 0 aromatic heterocycles. The third kappa shape index (κ3) is 2.99. The fourth-order valence-electron chi connectivity index (χ4n) is 2.53. The van der Waals surface area contributed by atoms with Crippen LogP contribution >= 0.6 is 0 Å². The molecule has 1 N–H and O–H groups in total. The maximum absolute atomic E-state index is 12.5. The molecule has 1 heterocycles. The summed E-state index contributed by atoms with van der Waals surface area (Å²) in [6, 6.07) is 13.5. The highest BCUT2D eigenvalue weighted by Gasteiger charge is 2.36. The number of benzene rings is 2. The maximum atomic E-state index is 12.5. The van der Waals surface area contributed by atoms with Gasteiger partial charge in [0.2, 0.25) is 5.91 Å². The molecule has 0 spiro atoms. The van der Waals surface area contributed by atoms with Crippen molar-refractivity contribution < 1.29 is 19.1 Å². The van der Waals surface area contributed by atoms with Gasteiger partial charge >= 0.3 is 0 Å². The van der Waals surface area contributed by atoms with Crippen LogP contribution in [0.1, 0.15) is 27.6 Å². The number of fused-ring (bicyclic) bond motifs is 1. The van der Waals surface area contributed by atoms with Crippen molar-refractivity contribution in [3.8, 4) is 5.75 Å². The van der Waals surface area contributed by atoms with Crippen LogP contribution in [0.25, 0.3) is 0 Å². The van der Waals surface area contributed by atoms with Crippen molar-refractivity contribution in [2.75, 3.05) is 18.1 Å². The lowest BCUT2D eigenvalue weighted by Crippen LogP contribution is -2.29. The number of hydrogen-bond acceptors (Lipinski definition) is 4. The summed E-state index contributed by atoms with van der Waals surface area (Å²) in [5.74, 6) is -0.287. The summed E-state index contributed by atoms with van der Waals surface area (Å²) in [5, 5.41) is 2.63. The van der Waals surface area contributed by atoms with E-state index in [0.717, 1.165) is 4.90 Å². The summed E-state index contributed by atoms with van der Waals surface area (Å²) in [5.41, 5.74) is 1.26.